The Labute approximate surface area is 160 Å². The van der Waals surface area contributed by atoms with Crippen LogP contribution in [0.5, 0.6) is 5.75 Å². The number of methoxy groups -OCH3 is 2. The first-order valence-electron chi connectivity index (χ1n) is 9.95. The molecule has 0 unspecified atom stereocenters. The van der Waals surface area contributed by atoms with Crippen LogP contribution in [0.15, 0.2) is 29.8 Å². The second-order valence-electron chi connectivity index (χ2n) is 8.47. The smallest absolute Gasteiger partial charge is 0.310 e. The Morgan fingerprint density at radius 3 is 2.85 bits per heavy atom. The molecule has 144 valence electrons. The van der Waals surface area contributed by atoms with Crippen LogP contribution in [-0.4, -0.2) is 57.3 Å². The molecule has 5 atom stereocenters. The highest BCUT2D eigenvalue weighted by molar-refractivity contribution is 5.80. The fourth-order valence-corrected chi connectivity index (χ4v) is 6.82. The van der Waals surface area contributed by atoms with Crippen LogP contribution in [0.3, 0.4) is 0 Å². The predicted molar refractivity (Wildman–Crippen MR) is 104 cm³/mol. The highest BCUT2D eigenvalue weighted by Gasteiger charge is 2.68. The summed E-state index contributed by atoms with van der Waals surface area (Å²) < 4.78 is 11.0. The fourth-order valence-electron chi connectivity index (χ4n) is 6.82. The van der Waals surface area contributed by atoms with Gasteiger partial charge in [0, 0.05) is 30.7 Å². The molecule has 0 aromatic heterocycles. The molecule has 5 nitrogen and oxygen atoms in total. The molecular weight excluding hydrogens is 340 g/mol. The summed E-state index contributed by atoms with van der Waals surface area (Å²) in [6.07, 6.45) is 4.27. The number of hydrogen-bond acceptors (Lipinski definition) is 5. The third-order valence-electron chi connectivity index (χ3n) is 7.82. The van der Waals surface area contributed by atoms with Gasteiger partial charge in [-0.1, -0.05) is 11.6 Å². The molecular formula is C22H28N2O3. The van der Waals surface area contributed by atoms with Gasteiger partial charge in [0.25, 0.3) is 0 Å². The largest absolute Gasteiger partial charge is 0.497 e. The van der Waals surface area contributed by atoms with Crippen molar-refractivity contribution in [3.8, 4) is 5.75 Å². The maximum atomic E-state index is 13.2. The number of likely N-dealkylation sites (N-methyl/N-ethyl adjacent to an activating group) is 1. The van der Waals surface area contributed by atoms with E-state index in [0.29, 0.717) is 12.1 Å². The van der Waals surface area contributed by atoms with Crippen LogP contribution in [0.4, 0.5) is 5.69 Å². The summed E-state index contributed by atoms with van der Waals surface area (Å²) in [6.45, 7) is 4.13. The summed E-state index contributed by atoms with van der Waals surface area (Å²) in [5.41, 5.74) is 3.71. The van der Waals surface area contributed by atoms with Crippen LogP contribution >= 0.6 is 0 Å². The Kier molecular flexibility index (Phi) is 3.64. The minimum Gasteiger partial charge on any atom is -0.497 e. The van der Waals surface area contributed by atoms with Gasteiger partial charge >= 0.3 is 5.97 Å². The van der Waals surface area contributed by atoms with Crippen molar-refractivity contribution in [3.63, 3.8) is 0 Å². The quantitative estimate of drug-likeness (QED) is 0.593. The van der Waals surface area contributed by atoms with Crippen molar-refractivity contribution in [1.82, 2.24) is 4.90 Å². The number of fused-ring (bicyclic) bond motifs is 2. The second kappa shape index (κ2) is 5.74. The molecule has 27 heavy (non-hydrogen) atoms. The van der Waals surface area contributed by atoms with Crippen LogP contribution in [-0.2, 0) is 14.9 Å². The van der Waals surface area contributed by atoms with E-state index in [9.17, 15) is 4.79 Å². The monoisotopic (exact) mass is 368 g/mol. The average molecular weight is 368 g/mol. The first-order chi connectivity index (χ1) is 13.1. The van der Waals surface area contributed by atoms with Crippen molar-refractivity contribution < 1.29 is 14.3 Å². The zero-order chi connectivity index (χ0) is 18.9. The number of hydrogen-bond donors (Lipinski definition) is 0. The van der Waals surface area contributed by atoms with Gasteiger partial charge in [-0.05, 0) is 56.0 Å². The molecule has 0 N–H and O–H groups in total. The van der Waals surface area contributed by atoms with Crippen molar-refractivity contribution in [3.05, 3.63) is 35.4 Å². The number of ether oxygens (including phenoxy) is 2. The summed E-state index contributed by atoms with van der Waals surface area (Å²) in [7, 11) is 5.45. The predicted octanol–water partition coefficient (Wildman–Crippen LogP) is 2.59. The van der Waals surface area contributed by atoms with Crippen molar-refractivity contribution in [2.75, 3.05) is 39.3 Å². The van der Waals surface area contributed by atoms with Crippen LogP contribution in [0.1, 0.15) is 25.3 Å². The molecule has 2 saturated heterocycles. The number of benzene rings is 1. The molecule has 4 aliphatic rings. The standard InChI is InChI=1S/C22H28N2O3/c1-5-13-12-24-9-8-22-16-10-14(26-3)6-7-17(16)23(2)20(22)18(24)11-15(13)19(22)21(25)27-4/h5-7,10,15,18-20H,8-9,11-12H2,1-4H3/t15-,18-,19-,20+,22-/m1/s1. The number of anilines is 1. The van der Waals surface area contributed by atoms with E-state index in [1.165, 1.54) is 16.8 Å². The zero-order valence-electron chi connectivity index (χ0n) is 16.6. The molecule has 1 saturated carbocycles. The fraction of sp³-hybridized carbons (Fsp3) is 0.591. The Hall–Kier alpha value is -2.01. The zero-order valence-corrected chi connectivity index (χ0v) is 16.6. The highest BCUT2D eigenvalue weighted by Crippen LogP contribution is 2.63. The van der Waals surface area contributed by atoms with Crippen molar-refractivity contribution in [2.45, 2.75) is 37.3 Å². The molecule has 3 heterocycles. The maximum absolute atomic E-state index is 13.2. The number of nitrogens with zero attached hydrogens (tertiary/aromatic N) is 2. The third-order valence-corrected chi connectivity index (χ3v) is 7.82. The molecule has 5 rings (SSSR count). The summed E-state index contributed by atoms with van der Waals surface area (Å²) in [4.78, 5) is 18.3. The van der Waals surface area contributed by atoms with E-state index in [0.717, 1.165) is 31.7 Å². The minimum atomic E-state index is -0.204. The number of carbonyl (C=O) groups is 1. The summed E-state index contributed by atoms with van der Waals surface area (Å²) >= 11 is 0. The average Bonchev–Trinajstić information content (AvgIpc) is 2.96. The lowest BCUT2D eigenvalue weighted by Gasteiger charge is -2.63. The van der Waals surface area contributed by atoms with E-state index < -0.39 is 0 Å². The van der Waals surface area contributed by atoms with Crippen LogP contribution in [0, 0.1) is 11.8 Å². The van der Waals surface area contributed by atoms with Crippen LogP contribution < -0.4 is 9.64 Å². The number of allylic oxidation sites excluding steroid dienone is 1. The lowest BCUT2D eigenvalue weighted by Crippen LogP contribution is -2.72. The molecule has 0 amide bonds. The van der Waals surface area contributed by atoms with E-state index in [-0.39, 0.29) is 23.2 Å². The van der Waals surface area contributed by atoms with E-state index in [4.69, 9.17) is 9.47 Å². The molecule has 3 fully saturated rings. The number of piperidine rings is 2. The molecule has 1 aromatic rings. The number of rotatable bonds is 2. The summed E-state index contributed by atoms with van der Waals surface area (Å²) in [5, 5.41) is 0. The number of esters is 1. The Morgan fingerprint density at radius 2 is 2.15 bits per heavy atom. The van der Waals surface area contributed by atoms with Gasteiger partial charge in [-0.25, -0.2) is 0 Å². The van der Waals surface area contributed by atoms with Crippen molar-refractivity contribution >= 4 is 11.7 Å². The Morgan fingerprint density at radius 1 is 1.33 bits per heavy atom. The third kappa shape index (κ3) is 1.96. The second-order valence-corrected chi connectivity index (χ2v) is 8.47. The van der Waals surface area contributed by atoms with Gasteiger partial charge in [0.05, 0.1) is 26.2 Å². The van der Waals surface area contributed by atoms with Gasteiger partial charge in [0.2, 0.25) is 0 Å². The van der Waals surface area contributed by atoms with E-state index in [1.54, 1.807) is 14.2 Å². The van der Waals surface area contributed by atoms with Gasteiger partial charge in [-0.3, -0.25) is 9.69 Å². The van der Waals surface area contributed by atoms with Gasteiger partial charge in [0.15, 0.2) is 0 Å². The van der Waals surface area contributed by atoms with Crippen molar-refractivity contribution in [1.29, 1.82) is 0 Å². The van der Waals surface area contributed by atoms with Crippen LogP contribution in [0.25, 0.3) is 0 Å². The first kappa shape index (κ1) is 17.1. The summed E-state index contributed by atoms with van der Waals surface area (Å²) in [6, 6.07) is 7.17. The first-order valence-corrected chi connectivity index (χ1v) is 9.95. The summed E-state index contributed by atoms with van der Waals surface area (Å²) in [5.74, 6) is 0.950. The van der Waals surface area contributed by atoms with E-state index in [2.05, 4.69) is 42.0 Å². The highest BCUT2D eigenvalue weighted by atomic mass is 16.5. The van der Waals surface area contributed by atoms with E-state index >= 15 is 0 Å². The molecule has 5 heteroatoms. The molecule has 1 aromatic carbocycles. The molecule has 3 bridgehead atoms. The van der Waals surface area contributed by atoms with Gasteiger partial charge in [-0.2, -0.15) is 0 Å². The number of carbonyl (C=O) groups excluding carboxylic acids is 1. The normalized spacial score (nSPS) is 37.9. The lowest BCUT2D eigenvalue weighted by atomic mass is 9.50. The molecule has 1 aliphatic carbocycles. The molecule has 0 spiro atoms. The lowest BCUT2D eigenvalue weighted by molar-refractivity contribution is -0.158. The van der Waals surface area contributed by atoms with Crippen LogP contribution in [0.2, 0.25) is 0 Å². The molecule has 0 radical (unpaired) electrons. The van der Waals surface area contributed by atoms with E-state index in [1.807, 2.05) is 6.07 Å². The maximum Gasteiger partial charge on any atom is 0.310 e. The van der Waals surface area contributed by atoms with Gasteiger partial charge < -0.3 is 14.4 Å². The SMILES string of the molecule is CC=C1CN2CC[C@]34c5cc(OC)ccc5N(C)[C@H]3[C@H]2C[C@H]1[C@@H]4C(=O)OC. The Bertz CT molecular complexity index is 835. The van der Waals surface area contributed by atoms with Crippen molar-refractivity contribution in [2.24, 2.45) is 11.8 Å². The molecule has 3 aliphatic heterocycles. The minimum absolute atomic E-state index is 0.0535. The topological polar surface area (TPSA) is 42.0 Å². The Balaban J connectivity index is 1.78. The van der Waals surface area contributed by atoms with Gasteiger partial charge in [0.1, 0.15) is 5.75 Å². The van der Waals surface area contributed by atoms with Gasteiger partial charge in [-0.15, -0.1) is 0 Å².